The molecular formula is C30H20Cl2N2O6. The summed E-state index contributed by atoms with van der Waals surface area (Å²) in [5.41, 5.74) is 1.38. The Morgan fingerprint density at radius 2 is 1.68 bits per heavy atom. The van der Waals surface area contributed by atoms with Gasteiger partial charge in [0.25, 0.3) is 11.8 Å². The Balaban J connectivity index is 1.54. The fraction of sp³-hybridized carbons (Fsp3) is 0.0667. The number of anilines is 1. The van der Waals surface area contributed by atoms with Crippen molar-refractivity contribution in [3.8, 4) is 5.75 Å². The van der Waals surface area contributed by atoms with E-state index < -0.39 is 23.8 Å². The molecule has 0 saturated carbocycles. The van der Waals surface area contributed by atoms with Crippen molar-refractivity contribution in [1.29, 1.82) is 0 Å². The zero-order valence-corrected chi connectivity index (χ0v) is 22.5. The highest BCUT2D eigenvalue weighted by molar-refractivity contribution is 6.42. The van der Waals surface area contributed by atoms with Gasteiger partial charge in [-0.2, -0.15) is 0 Å². The molecule has 4 aromatic rings. The van der Waals surface area contributed by atoms with Gasteiger partial charge in [0.1, 0.15) is 17.9 Å². The van der Waals surface area contributed by atoms with Gasteiger partial charge in [-0.05, 0) is 64.9 Å². The van der Waals surface area contributed by atoms with E-state index in [-0.39, 0.29) is 23.4 Å². The Labute approximate surface area is 238 Å². The molecule has 5 rings (SSSR count). The third-order valence-electron chi connectivity index (χ3n) is 6.25. The van der Waals surface area contributed by atoms with E-state index in [9.17, 15) is 19.2 Å². The van der Waals surface area contributed by atoms with Crippen molar-refractivity contribution in [1.82, 2.24) is 5.32 Å². The number of barbiturate groups is 1. The molecule has 0 atom stereocenters. The first-order valence-corrected chi connectivity index (χ1v) is 12.7. The number of carbonyl (C=O) groups is 4. The topological polar surface area (TPSA) is 102 Å². The van der Waals surface area contributed by atoms with Gasteiger partial charge in [-0.25, -0.2) is 14.5 Å². The summed E-state index contributed by atoms with van der Waals surface area (Å²) < 4.78 is 10.8. The van der Waals surface area contributed by atoms with E-state index in [4.69, 9.17) is 27.9 Å². The Kier molecular flexibility index (Phi) is 7.55. The van der Waals surface area contributed by atoms with E-state index >= 15 is 0 Å². The van der Waals surface area contributed by atoms with Crippen molar-refractivity contribution in [3.05, 3.63) is 111 Å². The number of halogens is 2. The van der Waals surface area contributed by atoms with Crippen LogP contribution >= 0.6 is 23.2 Å². The number of fused-ring (bicyclic) bond motifs is 1. The van der Waals surface area contributed by atoms with Crippen LogP contribution in [-0.4, -0.2) is 30.9 Å². The van der Waals surface area contributed by atoms with Crippen LogP contribution in [0.25, 0.3) is 16.8 Å². The minimum atomic E-state index is -0.910. The second-order valence-corrected chi connectivity index (χ2v) is 9.55. The molecule has 4 amide bonds. The smallest absolute Gasteiger partial charge is 0.337 e. The van der Waals surface area contributed by atoms with Crippen LogP contribution in [-0.2, 0) is 20.9 Å². The number of ether oxygens (including phenoxy) is 2. The highest BCUT2D eigenvalue weighted by Gasteiger charge is 2.37. The second kappa shape index (κ2) is 11.2. The lowest BCUT2D eigenvalue weighted by Gasteiger charge is -2.26. The molecular weight excluding hydrogens is 555 g/mol. The quantitative estimate of drug-likeness (QED) is 0.167. The highest BCUT2D eigenvalue weighted by Crippen LogP contribution is 2.33. The largest absolute Gasteiger partial charge is 0.488 e. The van der Waals surface area contributed by atoms with Crippen LogP contribution in [0.3, 0.4) is 0 Å². The first-order valence-electron chi connectivity index (χ1n) is 11.9. The maximum Gasteiger partial charge on any atom is 0.337 e. The Hall–Kier alpha value is -4.66. The Morgan fingerprint density at radius 3 is 2.40 bits per heavy atom. The molecule has 1 aliphatic rings. The van der Waals surface area contributed by atoms with E-state index in [0.717, 1.165) is 21.2 Å². The van der Waals surface area contributed by atoms with Crippen molar-refractivity contribution in [2.24, 2.45) is 0 Å². The van der Waals surface area contributed by atoms with Crippen molar-refractivity contribution >= 4 is 69.6 Å². The van der Waals surface area contributed by atoms with Gasteiger partial charge >= 0.3 is 12.0 Å². The van der Waals surface area contributed by atoms with Crippen LogP contribution in [0.2, 0.25) is 10.0 Å². The molecule has 0 bridgehead atoms. The SMILES string of the molecule is COC(=O)c1ccc(N2C(=O)NC(=O)/C(=C\c3c(OCc4ccc(Cl)c(Cl)c4)ccc4ccccc34)C2=O)cc1. The zero-order chi connectivity index (χ0) is 28.4. The van der Waals surface area contributed by atoms with Gasteiger partial charge in [0, 0.05) is 5.56 Å². The van der Waals surface area contributed by atoms with E-state index in [2.05, 4.69) is 10.1 Å². The van der Waals surface area contributed by atoms with E-state index in [0.29, 0.717) is 21.4 Å². The molecule has 1 heterocycles. The summed E-state index contributed by atoms with van der Waals surface area (Å²) >= 11 is 12.2. The summed E-state index contributed by atoms with van der Waals surface area (Å²) in [4.78, 5) is 51.7. The van der Waals surface area contributed by atoms with Crippen LogP contribution in [0.5, 0.6) is 5.75 Å². The minimum absolute atomic E-state index is 0.142. The molecule has 8 nitrogen and oxygen atoms in total. The number of esters is 1. The lowest BCUT2D eigenvalue weighted by molar-refractivity contribution is -0.122. The number of nitrogens with one attached hydrogen (secondary N) is 1. The predicted molar refractivity (Wildman–Crippen MR) is 152 cm³/mol. The Bertz CT molecular complexity index is 1720. The molecule has 0 radical (unpaired) electrons. The molecule has 1 aliphatic heterocycles. The van der Waals surface area contributed by atoms with Crippen molar-refractivity contribution in [3.63, 3.8) is 0 Å². The number of urea groups is 1. The van der Waals surface area contributed by atoms with Crippen molar-refractivity contribution < 1.29 is 28.7 Å². The van der Waals surface area contributed by atoms with Crippen molar-refractivity contribution in [2.75, 3.05) is 12.0 Å². The van der Waals surface area contributed by atoms with Gasteiger partial charge in [-0.15, -0.1) is 0 Å². The highest BCUT2D eigenvalue weighted by atomic mass is 35.5. The average Bonchev–Trinajstić information content (AvgIpc) is 2.96. The summed E-state index contributed by atoms with van der Waals surface area (Å²) in [7, 11) is 1.25. The first kappa shape index (κ1) is 26.9. The van der Waals surface area contributed by atoms with E-state index in [1.54, 1.807) is 24.3 Å². The number of rotatable bonds is 6. The summed E-state index contributed by atoms with van der Waals surface area (Å²) in [6.45, 7) is 0.142. The summed E-state index contributed by atoms with van der Waals surface area (Å²) in [5, 5.41) is 4.60. The molecule has 0 spiro atoms. The summed E-state index contributed by atoms with van der Waals surface area (Å²) in [6, 6.07) is 20.9. The fourth-order valence-corrected chi connectivity index (χ4v) is 4.56. The normalized spacial score (nSPS) is 14.4. The monoisotopic (exact) mass is 574 g/mol. The van der Waals surface area contributed by atoms with Gasteiger partial charge in [-0.3, -0.25) is 14.9 Å². The molecule has 4 aromatic carbocycles. The zero-order valence-electron chi connectivity index (χ0n) is 20.9. The van der Waals surface area contributed by atoms with Crippen LogP contribution in [0, 0.1) is 0 Å². The maximum absolute atomic E-state index is 13.5. The van der Waals surface area contributed by atoms with E-state index in [1.807, 2.05) is 30.3 Å². The lowest BCUT2D eigenvalue weighted by atomic mass is 9.99. The number of hydrogen-bond donors (Lipinski definition) is 1. The van der Waals surface area contributed by atoms with Gasteiger partial charge in [0.2, 0.25) is 0 Å². The third-order valence-corrected chi connectivity index (χ3v) is 6.99. The number of carbonyl (C=O) groups excluding carboxylic acids is 4. The van der Waals surface area contributed by atoms with Gasteiger partial charge < -0.3 is 9.47 Å². The standard InChI is InChI=1S/C30H20Cl2N2O6/c1-39-29(37)19-7-10-20(11-8-19)34-28(36)23(27(35)33-30(34)38)15-22-21-5-3-2-4-18(21)9-13-26(22)40-16-17-6-12-24(31)25(32)14-17/h2-15H,16H2,1H3,(H,33,35,38)/b23-15+. The number of nitrogens with zero attached hydrogens (tertiary/aromatic N) is 1. The maximum atomic E-state index is 13.5. The van der Waals surface area contributed by atoms with Crippen LogP contribution < -0.4 is 15.0 Å². The molecule has 1 fully saturated rings. The number of amides is 4. The number of imide groups is 2. The molecule has 40 heavy (non-hydrogen) atoms. The first-order chi connectivity index (χ1) is 19.3. The third kappa shape index (κ3) is 5.27. The van der Waals surface area contributed by atoms with Crippen LogP contribution in [0.1, 0.15) is 21.5 Å². The molecule has 0 unspecified atom stereocenters. The second-order valence-electron chi connectivity index (χ2n) is 8.73. The minimum Gasteiger partial charge on any atom is -0.488 e. The average molecular weight is 575 g/mol. The van der Waals surface area contributed by atoms with E-state index in [1.165, 1.54) is 37.5 Å². The van der Waals surface area contributed by atoms with Gasteiger partial charge in [0.15, 0.2) is 0 Å². The Morgan fingerprint density at radius 1 is 0.925 bits per heavy atom. The molecule has 10 heteroatoms. The van der Waals surface area contributed by atoms with Crippen molar-refractivity contribution in [2.45, 2.75) is 6.61 Å². The molecule has 200 valence electrons. The predicted octanol–water partition coefficient (Wildman–Crippen LogP) is 6.18. The van der Waals surface area contributed by atoms with Gasteiger partial charge in [0.05, 0.1) is 28.4 Å². The van der Waals surface area contributed by atoms with Crippen LogP contribution in [0.15, 0.2) is 84.4 Å². The number of hydrogen-bond acceptors (Lipinski definition) is 6. The lowest BCUT2D eigenvalue weighted by Crippen LogP contribution is -2.54. The molecule has 0 aliphatic carbocycles. The summed E-state index contributed by atoms with van der Waals surface area (Å²) in [6.07, 6.45) is 1.41. The van der Waals surface area contributed by atoms with Gasteiger partial charge in [-0.1, -0.05) is 59.6 Å². The number of benzene rings is 4. The van der Waals surface area contributed by atoms with Crippen LogP contribution in [0.4, 0.5) is 10.5 Å². The molecule has 1 N–H and O–H groups in total. The number of methoxy groups -OCH3 is 1. The fourth-order valence-electron chi connectivity index (χ4n) is 4.24. The molecule has 0 aromatic heterocycles. The summed E-state index contributed by atoms with van der Waals surface area (Å²) in [5.74, 6) is -1.84. The molecule has 1 saturated heterocycles.